The molecular formula is C19H13F5N4O4S2. The number of nitrogens with zero attached hydrogens (tertiary/aromatic N) is 3. The summed E-state index contributed by atoms with van der Waals surface area (Å²) in [5.74, 6) is -4.57. The summed E-state index contributed by atoms with van der Waals surface area (Å²) in [5, 5.41) is 25.9. The fourth-order valence-electron chi connectivity index (χ4n) is 3.25. The summed E-state index contributed by atoms with van der Waals surface area (Å²) in [5.41, 5.74) is -2.48. The Bertz CT molecular complexity index is 1290. The number of aliphatic hydroxyl groups is 1. The number of thiazole rings is 1. The first-order valence-corrected chi connectivity index (χ1v) is 11.0. The van der Waals surface area contributed by atoms with Gasteiger partial charge in [0.25, 0.3) is 5.91 Å². The van der Waals surface area contributed by atoms with Crippen LogP contribution in [0.5, 0.6) is 0 Å². The molecule has 1 aromatic carbocycles. The van der Waals surface area contributed by atoms with Crippen molar-refractivity contribution in [3.05, 3.63) is 51.2 Å². The highest BCUT2D eigenvalue weighted by Gasteiger charge is 2.39. The molecule has 2 aromatic heterocycles. The molecule has 15 heteroatoms. The fourth-order valence-corrected chi connectivity index (χ4v) is 4.98. The van der Waals surface area contributed by atoms with Gasteiger partial charge in [0.15, 0.2) is 6.23 Å². The maximum atomic E-state index is 14.4. The Hall–Kier alpha value is -3.14. The number of hydroxylamine groups is 1. The number of aliphatic hydroxyl groups excluding tert-OH is 1. The van der Waals surface area contributed by atoms with Crippen LogP contribution in [0.1, 0.15) is 22.9 Å². The van der Waals surface area contributed by atoms with Crippen molar-refractivity contribution in [2.24, 2.45) is 0 Å². The van der Waals surface area contributed by atoms with Crippen LogP contribution in [0.2, 0.25) is 0 Å². The lowest BCUT2D eigenvalue weighted by Crippen LogP contribution is -2.39. The minimum Gasteiger partial charge on any atom is -0.369 e. The number of rotatable bonds is 4. The maximum Gasteiger partial charge on any atom is 0.422 e. The number of urea groups is 1. The molecule has 3 amide bonds. The second kappa shape index (κ2) is 8.57. The van der Waals surface area contributed by atoms with E-state index in [1.165, 1.54) is 12.4 Å². The van der Waals surface area contributed by atoms with Crippen LogP contribution >= 0.6 is 22.7 Å². The average molecular weight is 520 g/mol. The second-order valence-corrected chi connectivity index (χ2v) is 8.81. The highest BCUT2D eigenvalue weighted by molar-refractivity contribution is 7.15. The lowest BCUT2D eigenvalue weighted by Gasteiger charge is -2.29. The number of thiophene rings is 1. The number of aromatic nitrogens is 1. The number of nitrogens with one attached hydrogen (secondary N) is 1. The van der Waals surface area contributed by atoms with Gasteiger partial charge in [0, 0.05) is 23.6 Å². The normalized spacial score (nSPS) is 15.8. The van der Waals surface area contributed by atoms with Crippen molar-refractivity contribution >= 4 is 44.7 Å². The molecule has 8 nitrogen and oxygen atoms in total. The molecule has 0 saturated heterocycles. The van der Waals surface area contributed by atoms with Gasteiger partial charge in [-0.3, -0.25) is 20.2 Å². The van der Waals surface area contributed by atoms with Gasteiger partial charge in [-0.15, -0.1) is 22.7 Å². The number of hydrogen-bond donors (Lipinski definition) is 3. The first-order chi connectivity index (χ1) is 15.9. The monoisotopic (exact) mass is 520 g/mol. The summed E-state index contributed by atoms with van der Waals surface area (Å²) < 4.78 is 66.9. The van der Waals surface area contributed by atoms with Gasteiger partial charge in [0.05, 0.1) is 12.1 Å². The largest absolute Gasteiger partial charge is 0.422 e. The summed E-state index contributed by atoms with van der Waals surface area (Å²) in [6.07, 6.45) is -7.01. The van der Waals surface area contributed by atoms with Gasteiger partial charge in [-0.25, -0.2) is 18.6 Å². The quantitative estimate of drug-likeness (QED) is 0.265. The molecule has 1 aliphatic rings. The van der Waals surface area contributed by atoms with Gasteiger partial charge in [0.1, 0.15) is 22.2 Å². The van der Waals surface area contributed by atoms with Crippen LogP contribution < -0.4 is 10.4 Å². The van der Waals surface area contributed by atoms with Gasteiger partial charge in [-0.2, -0.15) is 18.2 Å². The summed E-state index contributed by atoms with van der Waals surface area (Å²) in [6, 6.07) is 0.676. The molecular weight excluding hydrogens is 507 g/mol. The SMILES string of the molecule is CN1C(=O)Nc2scc(CC(=O)N(O)c3nc(-c4ccc(F)c(C(F)(F)F)c4F)cs3)c2C1O. The van der Waals surface area contributed by atoms with Crippen LogP contribution in [0.15, 0.2) is 22.9 Å². The van der Waals surface area contributed by atoms with E-state index >= 15 is 0 Å². The predicted octanol–water partition coefficient (Wildman–Crippen LogP) is 4.60. The summed E-state index contributed by atoms with van der Waals surface area (Å²) in [4.78, 5) is 29.2. The zero-order chi connectivity index (χ0) is 24.9. The van der Waals surface area contributed by atoms with Gasteiger partial charge >= 0.3 is 12.2 Å². The number of fused-ring (bicyclic) bond motifs is 1. The van der Waals surface area contributed by atoms with Crippen LogP contribution in [0.25, 0.3) is 11.3 Å². The van der Waals surface area contributed by atoms with Crippen molar-refractivity contribution in [1.82, 2.24) is 9.88 Å². The molecule has 0 saturated carbocycles. The average Bonchev–Trinajstić information content (AvgIpc) is 3.38. The minimum atomic E-state index is -5.28. The Balaban J connectivity index is 1.57. The third kappa shape index (κ3) is 4.11. The first kappa shape index (κ1) is 24.0. The molecule has 0 radical (unpaired) electrons. The Labute approximate surface area is 195 Å². The number of carbonyl (C=O) groups is 2. The van der Waals surface area contributed by atoms with E-state index in [0.29, 0.717) is 28.0 Å². The second-order valence-electron chi connectivity index (χ2n) is 7.10. The molecule has 0 bridgehead atoms. The van der Waals surface area contributed by atoms with Crippen LogP contribution in [-0.4, -0.2) is 39.2 Å². The van der Waals surface area contributed by atoms with E-state index in [1.807, 2.05) is 0 Å². The molecule has 1 unspecified atom stereocenters. The summed E-state index contributed by atoms with van der Waals surface area (Å²) in [6.45, 7) is 0. The molecule has 180 valence electrons. The van der Waals surface area contributed by atoms with E-state index in [2.05, 4.69) is 10.3 Å². The van der Waals surface area contributed by atoms with Crippen molar-refractivity contribution < 1.29 is 41.9 Å². The number of halogens is 5. The molecule has 34 heavy (non-hydrogen) atoms. The summed E-state index contributed by atoms with van der Waals surface area (Å²) >= 11 is 1.71. The molecule has 0 spiro atoms. The van der Waals surface area contributed by atoms with Crippen molar-refractivity contribution in [3.8, 4) is 11.3 Å². The molecule has 1 aliphatic heterocycles. The number of anilines is 2. The topological polar surface area (TPSA) is 106 Å². The van der Waals surface area contributed by atoms with E-state index in [4.69, 9.17) is 0 Å². The van der Waals surface area contributed by atoms with E-state index < -0.39 is 53.5 Å². The lowest BCUT2D eigenvalue weighted by molar-refractivity contribution is -0.142. The predicted molar refractivity (Wildman–Crippen MR) is 112 cm³/mol. The van der Waals surface area contributed by atoms with Crippen LogP contribution in [0.3, 0.4) is 0 Å². The zero-order valence-electron chi connectivity index (χ0n) is 16.9. The Morgan fingerprint density at radius 3 is 2.65 bits per heavy atom. The number of benzene rings is 1. The Kier molecular flexibility index (Phi) is 6.05. The molecule has 3 N–H and O–H groups in total. The van der Waals surface area contributed by atoms with Gasteiger partial charge in [-0.1, -0.05) is 0 Å². The number of hydrogen-bond acceptors (Lipinski definition) is 7. The Morgan fingerprint density at radius 2 is 1.97 bits per heavy atom. The highest BCUT2D eigenvalue weighted by Crippen LogP contribution is 2.40. The number of amides is 3. The molecule has 4 rings (SSSR count). The smallest absolute Gasteiger partial charge is 0.369 e. The van der Waals surface area contributed by atoms with Crippen LogP contribution in [0, 0.1) is 11.6 Å². The Morgan fingerprint density at radius 1 is 1.26 bits per heavy atom. The number of carbonyl (C=O) groups excluding carboxylic acids is 2. The molecule has 1 atom stereocenters. The van der Waals surface area contributed by atoms with Gasteiger partial charge < -0.3 is 5.11 Å². The fraction of sp³-hybridized carbons (Fsp3) is 0.211. The molecule has 0 aliphatic carbocycles. The van der Waals surface area contributed by atoms with Crippen LogP contribution in [-0.2, 0) is 17.4 Å². The van der Waals surface area contributed by atoms with E-state index in [1.54, 1.807) is 0 Å². The highest BCUT2D eigenvalue weighted by atomic mass is 32.1. The van der Waals surface area contributed by atoms with E-state index in [-0.39, 0.29) is 21.5 Å². The lowest BCUT2D eigenvalue weighted by atomic mass is 10.1. The third-order valence-electron chi connectivity index (χ3n) is 4.98. The summed E-state index contributed by atoms with van der Waals surface area (Å²) in [7, 11) is 1.35. The zero-order valence-corrected chi connectivity index (χ0v) is 18.5. The van der Waals surface area contributed by atoms with Gasteiger partial charge in [0.2, 0.25) is 5.13 Å². The van der Waals surface area contributed by atoms with Crippen molar-refractivity contribution in [3.63, 3.8) is 0 Å². The van der Waals surface area contributed by atoms with Gasteiger partial charge in [-0.05, 0) is 23.1 Å². The maximum absolute atomic E-state index is 14.4. The van der Waals surface area contributed by atoms with E-state index in [9.17, 15) is 41.9 Å². The standard InChI is InChI=1S/C19H13F5N4O4S2/c1-27-16(30)12-7(5-33-15(12)26-17(27)31)4-11(29)28(32)18-25-10(6-34-18)8-2-3-9(20)13(14(8)21)19(22,23)24/h2-3,5-6,16,30,32H,4H2,1H3,(H,26,31). The minimum absolute atomic E-state index is 0.141. The third-order valence-corrected chi connectivity index (χ3v) is 6.75. The molecule has 3 heterocycles. The van der Waals surface area contributed by atoms with Crippen molar-refractivity contribution in [1.29, 1.82) is 0 Å². The van der Waals surface area contributed by atoms with E-state index in [0.717, 1.165) is 27.7 Å². The molecule has 3 aromatic rings. The first-order valence-electron chi connectivity index (χ1n) is 9.25. The molecule has 0 fully saturated rings. The van der Waals surface area contributed by atoms with Crippen molar-refractivity contribution in [2.45, 2.75) is 18.8 Å². The van der Waals surface area contributed by atoms with Crippen LogP contribution in [0.4, 0.5) is 36.9 Å². The number of alkyl halides is 3. The van der Waals surface area contributed by atoms with Crippen molar-refractivity contribution in [2.75, 3.05) is 17.4 Å².